The number of benzene rings is 2. The van der Waals surface area contributed by atoms with Gasteiger partial charge < -0.3 is 10.2 Å². The first-order valence-electron chi connectivity index (χ1n) is 9.69. The monoisotopic (exact) mass is 392 g/mol. The van der Waals surface area contributed by atoms with E-state index in [1.807, 2.05) is 50.2 Å². The fourth-order valence-electron chi connectivity index (χ4n) is 2.97. The lowest BCUT2D eigenvalue weighted by Gasteiger charge is -2.26. The van der Waals surface area contributed by atoms with E-state index in [-0.39, 0.29) is 17.8 Å². The average molecular weight is 392 g/mol. The van der Waals surface area contributed by atoms with Crippen LogP contribution in [0.4, 0.5) is 10.2 Å². The number of aromatic nitrogens is 2. The second-order valence-corrected chi connectivity index (χ2v) is 7.07. The Bertz CT molecular complexity index is 929. The molecule has 1 aromatic heterocycles. The van der Waals surface area contributed by atoms with Gasteiger partial charge in [-0.2, -0.15) is 0 Å². The van der Waals surface area contributed by atoms with Crippen LogP contribution in [0, 0.1) is 5.82 Å². The van der Waals surface area contributed by atoms with Crippen LogP contribution in [-0.4, -0.2) is 33.4 Å². The maximum atomic E-state index is 13.7. The van der Waals surface area contributed by atoms with Gasteiger partial charge in [0.1, 0.15) is 17.3 Å². The van der Waals surface area contributed by atoms with Crippen molar-refractivity contribution in [2.45, 2.75) is 32.9 Å². The minimum absolute atomic E-state index is 0.0306. The zero-order chi connectivity index (χ0) is 20.6. The summed E-state index contributed by atoms with van der Waals surface area (Å²) in [6.45, 7) is 5.00. The standard InChI is InChI=1S/C23H25FN4O/c1-17(2)28(16-18-8-4-3-5-9-18)23(29)21-14-27-22(15-26-21)25-13-12-19-10-6-7-11-20(19)24/h3-11,14-15,17H,12-13,16H2,1-2H3,(H,25,27). The molecule has 0 radical (unpaired) electrons. The molecule has 0 saturated heterocycles. The number of halogens is 1. The van der Waals surface area contributed by atoms with E-state index in [2.05, 4.69) is 15.3 Å². The first-order valence-corrected chi connectivity index (χ1v) is 9.69. The summed E-state index contributed by atoms with van der Waals surface area (Å²) in [6.07, 6.45) is 3.55. The molecule has 0 spiro atoms. The third-order valence-corrected chi connectivity index (χ3v) is 4.61. The quantitative estimate of drug-likeness (QED) is 0.620. The molecule has 2 aromatic carbocycles. The lowest BCUT2D eigenvalue weighted by molar-refractivity contribution is 0.0684. The highest BCUT2D eigenvalue weighted by molar-refractivity contribution is 5.92. The van der Waals surface area contributed by atoms with E-state index in [1.165, 1.54) is 18.5 Å². The van der Waals surface area contributed by atoms with Crippen LogP contribution >= 0.6 is 0 Å². The summed E-state index contributed by atoms with van der Waals surface area (Å²) in [5, 5.41) is 3.11. The molecule has 29 heavy (non-hydrogen) atoms. The van der Waals surface area contributed by atoms with Gasteiger partial charge in [0.15, 0.2) is 0 Å². The molecule has 6 heteroatoms. The van der Waals surface area contributed by atoms with Gasteiger partial charge in [0.25, 0.3) is 5.91 Å². The molecule has 3 aromatic rings. The zero-order valence-corrected chi connectivity index (χ0v) is 16.7. The number of amides is 1. The summed E-state index contributed by atoms with van der Waals surface area (Å²) in [5.74, 6) is 0.180. The van der Waals surface area contributed by atoms with E-state index < -0.39 is 0 Å². The molecule has 0 aliphatic rings. The number of hydrogen-bond acceptors (Lipinski definition) is 4. The Kier molecular flexibility index (Phi) is 6.89. The van der Waals surface area contributed by atoms with Crippen molar-refractivity contribution in [3.05, 3.63) is 89.6 Å². The molecular formula is C23H25FN4O. The van der Waals surface area contributed by atoms with Crippen molar-refractivity contribution < 1.29 is 9.18 Å². The molecule has 0 bridgehead atoms. The highest BCUT2D eigenvalue weighted by Gasteiger charge is 2.20. The number of rotatable bonds is 8. The Hall–Kier alpha value is -3.28. The Balaban J connectivity index is 1.60. The summed E-state index contributed by atoms with van der Waals surface area (Å²) in [5.41, 5.74) is 2.01. The number of hydrogen-bond donors (Lipinski definition) is 1. The average Bonchev–Trinajstić information content (AvgIpc) is 2.74. The summed E-state index contributed by atoms with van der Waals surface area (Å²) in [4.78, 5) is 23.2. The highest BCUT2D eigenvalue weighted by Crippen LogP contribution is 2.13. The van der Waals surface area contributed by atoms with Gasteiger partial charge in [-0.05, 0) is 37.5 Å². The Morgan fingerprint density at radius 1 is 1.03 bits per heavy atom. The molecule has 0 atom stereocenters. The number of carbonyl (C=O) groups excluding carboxylic acids is 1. The largest absolute Gasteiger partial charge is 0.368 e. The van der Waals surface area contributed by atoms with Crippen molar-refractivity contribution in [2.24, 2.45) is 0 Å². The van der Waals surface area contributed by atoms with E-state index in [9.17, 15) is 9.18 Å². The first kappa shape index (κ1) is 20.5. The van der Waals surface area contributed by atoms with Crippen molar-refractivity contribution in [2.75, 3.05) is 11.9 Å². The van der Waals surface area contributed by atoms with Crippen LogP contribution < -0.4 is 5.32 Å². The van der Waals surface area contributed by atoms with Crippen LogP contribution in [0.25, 0.3) is 0 Å². The zero-order valence-electron chi connectivity index (χ0n) is 16.7. The Morgan fingerprint density at radius 3 is 2.41 bits per heavy atom. The lowest BCUT2D eigenvalue weighted by Crippen LogP contribution is -2.37. The summed E-state index contributed by atoms with van der Waals surface area (Å²) < 4.78 is 13.7. The van der Waals surface area contributed by atoms with Crippen LogP contribution in [0.3, 0.4) is 0 Å². The van der Waals surface area contributed by atoms with Gasteiger partial charge in [-0.25, -0.2) is 14.4 Å². The maximum Gasteiger partial charge on any atom is 0.274 e. The van der Waals surface area contributed by atoms with Crippen LogP contribution in [0.15, 0.2) is 67.0 Å². The molecule has 0 unspecified atom stereocenters. The predicted octanol–water partition coefficient (Wildman–Crippen LogP) is 4.32. The minimum atomic E-state index is -0.214. The third kappa shape index (κ3) is 5.60. The third-order valence-electron chi connectivity index (χ3n) is 4.61. The van der Waals surface area contributed by atoms with Gasteiger partial charge in [-0.3, -0.25) is 4.79 Å². The number of nitrogens with one attached hydrogen (secondary N) is 1. The fourth-order valence-corrected chi connectivity index (χ4v) is 2.97. The highest BCUT2D eigenvalue weighted by atomic mass is 19.1. The molecule has 3 rings (SSSR count). The van der Waals surface area contributed by atoms with Gasteiger partial charge >= 0.3 is 0 Å². The van der Waals surface area contributed by atoms with Crippen molar-refractivity contribution in [3.63, 3.8) is 0 Å². The van der Waals surface area contributed by atoms with Crippen molar-refractivity contribution in [1.29, 1.82) is 0 Å². The second-order valence-electron chi connectivity index (χ2n) is 7.07. The Morgan fingerprint density at radius 2 is 1.76 bits per heavy atom. The summed E-state index contributed by atoms with van der Waals surface area (Å²) >= 11 is 0. The number of anilines is 1. The molecule has 1 amide bonds. The van der Waals surface area contributed by atoms with Crippen LogP contribution in [0.2, 0.25) is 0 Å². The van der Waals surface area contributed by atoms with Crippen LogP contribution in [0.1, 0.15) is 35.5 Å². The summed E-state index contributed by atoms with van der Waals surface area (Å²) in [7, 11) is 0. The van der Waals surface area contributed by atoms with E-state index >= 15 is 0 Å². The van der Waals surface area contributed by atoms with Gasteiger partial charge in [0.2, 0.25) is 0 Å². The molecule has 150 valence electrons. The first-order chi connectivity index (χ1) is 14.0. The summed E-state index contributed by atoms with van der Waals surface area (Å²) in [6, 6.07) is 16.6. The molecule has 0 aliphatic carbocycles. The van der Waals surface area contributed by atoms with Crippen molar-refractivity contribution in [1.82, 2.24) is 14.9 Å². The van der Waals surface area contributed by atoms with Gasteiger partial charge in [-0.1, -0.05) is 48.5 Å². The molecule has 1 N–H and O–H groups in total. The van der Waals surface area contributed by atoms with E-state index in [0.29, 0.717) is 36.6 Å². The van der Waals surface area contributed by atoms with E-state index in [0.717, 1.165) is 5.56 Å². The second kappa shape index (κ2) is 9.78. The van der Waals surface area contributed by atoms with Crippen molar-refractivity contribution >= 4 is 11.7 Å². The molecule has 0 saturated carbocycles. The number of nitrogens with zero attached hydrogens (tertiary/aromatic N) is 3. The van der Waals surface area contributed by atoms with Crippen LogP contribution in [-0.2, 0) is 13.0 Å². The molecular weight excluding hydrogens is 367 g/mol. The molecule has 1 heterocycles. The van der Waals surface area contributed by atoms with Gasteiger partial charge in [0.05, 0.1) is 12.4 Å². The topological polar surface area (TPSA) is 58.1 Å². The SMILES string of the molecule is CC(C)N(Cc1ccccc1)C(=O)c1cnc(NCCc2ccccc2F)cn1. The maximum absolute atomic E-state index is 13.7. The van der Waals surface area contributed by atoms with Gasteiger partial charge in [0, 0.05) is 19.1 Å². The number of carbonyl (C=O) groups is 1. The fraction of sp³-hybridized carbons (Fsp3) is 0.261. The minimum Gasteiger partial charge on any atom is -0.368 e. The predicted molar refractivity (Wildman–Crippen MR) is 112 cm³/mol. The lowest BCUT2D eigenvalue weighted by atomic mass is 10.1. The van der Waals surface area contributed by atoms with E-state index in [1.54, 1.807) is 17.0 Å². The van der Waals surface area contributed by atoms with Gasteiger partial charge in [-0.15, -0.1) is 0 Å². The Labute approximate surface area is 170 Å². The molecule has 5 nitrogen and oxygen atoms in total. The molecule has 0 aliphatic heterocycles. The van der Waals surface area contributed by atoms with E-state index in [4.69, 9.17) is 0 Å². The molecule has 0 fully saturated rings. The van der Waals surface area contributed by atoms with Crippen LogP contribution in [0.5, 0.6) is 0 Å². The van der Waals surface area contributed by atoms with Crippen molar-refractivity contribution in [3.8, 4) is 0 Å². The normalized spacial score (nSPS) is 10.8. The smallest absolute Gasteiger partial charge is 0.274 e.